The molecule has 1 rings (SSSR count). The molecule has 90 valence electrons. The van der Waals surface area contributed by atoms with Crippen molar-refractivity contribution in [2.24, 2.45) is 5.73 Å². The summed E-state index contributed by atoms with van der Waals surface area (Å²) in [6, 6.07) is 4.57. The number of primary amides is 1. The van der Waals surface area contributed by atoms with Crippen LogP contribution in [0.2, 0.25) is 0 Å². The van der Waals surface area contributed by atoms with Crippen LogP contribution in [0.25, 0.3) is 6.08 Å². The van der Waals surface area contributed by atoms with E-state index in [9.17, 15) is 9.59 Å². The second-order valence-electron chi connectivity index (χ2n) is 3.45. The Morgan fingerprint density at radius 2 is 2.06 bits per heavy atom. The predicted octanol–water partition coefficient (Wildman–Crippen LogP) is 1.28. The number of methoxy groups -OCH3 is 1. The van der Waals surface area contributed by atoms with Crippen molar-refractivity contribution in [1.82, 2.24) is 0 Å². The van der Waals surface area contributed by atoms with Crippen LogP contribution in [-0.2, 0) is 4.79 Å². The van der Waals surface area contributed by atoms with E-state index in [0.29, 0.717) is 11.3 Å². The van der Waals surface area contributed by atoms with Crippen molar-refractivity contribution >= 4 is 18.0 Å². The highest BCUT2D eigenvalue weighted by Crippen LogP contribution is 2.20. The molecule has 1 aromatic rings. The van der Waals surface area contributed by atoms with Gasteiger partial charge in [-0.15, -0.1) is 0 Å². The van der Waals surface area contributed by atoms with Gasteiger partial charge in [0.05, 0.1) is 12.7 Å². The smallest absolute Gasteiger partial charge is 0.336 e. The van der Waals surface area contributed by atoms with Crippen LogP contribution in [0.4, 0.5) is 0 Å². The Bertz CT molecular complexity index is 491. The maximum Gasteiger partial charge on any atom is 0.336 e. The summed E-state index contributed by atoms with van der Waals surface area (Å²) >= 11 is 0. The molecule has 0 aliphatic rings. The van der Waals surface area contributed by atoms with Gasteiger partial charge in [-0.2, -0.15) is 0 Å². The Hall–Kier alpha value is -2.30. The van der Waals surface area contributed by atoms with E-state index in [2.05, 4.69) is 0 Å². The molecule has 1 amide bonds. The number of ether oxygens (including phenoxy) is 1. The van der Waals surface area contributed by atoms with Crippen LogP contribution in [0.5, 0.6) is 5.75 Å². The van der Waals surface area contributed by atoms with Crippen LogP contribution in [-0.4, -0.2) is 24.1 Å². The number of nitrogens with two attached hydrogens (primary N) is 1. The number of carboxylic acids is 1. The average Bonchev–Trinajstić information content (AvgIpc) is 2.29. The lowest BCUT2D eigenvalue weighted by molar-refractivity contribution is -0.114. The van der Waals surface area contributed by atoms with E-state index in [1.807, 2.05) is 0 Å². The molecule has 5 heteroatoms. The first kappa shape index (κ1) is 12.8. The number of carbonyl (C=O) groups excluding carboxylic acids is 1. The summed E-state index contributed by atoms with van der Waals surface area (Å²) in [6.07, 6.45) is 1.44. The molecule has 0 bridgehead atoms. The number of rotatable bonds is 4. The second kappa shape index (κ2) is 5.16. The molecule has 0 spiro atoms. The molecule has 3 N–H and O–H groups in total. The third-order valence-corrected chi connectivity index (χ3v) is 2.25. The minimum absolute atomic E-state index is 0.0601. The fourth-order valence-corrected chi connectivity index (χ4v) is 1.28. The van der Waals surface area contributed by atoms with Gasteiger partial charge >= 0.3 is 5.97 Å². The number of aromatic carboxylic acids is 1. The lowest BCUT2D eigenvalue weighted by Gasteiger charge is -2.05. The molecule has 0 fully saturated rings. The second-order valence-corrected chi connectivity index (χ2v) is 3.45. The van der Waals surface area contributed by atoms with E-state index in [1.165, 1.54) is 26.2 Å². The van der Waals surface area contributed by atoms with Crippen molar-refractivity contribution in [3.05, 3.63) is 34.9 Å². The van der Waals surface area contributed by atoms with E-state index in [4.69, 9.17) is 15.6 Å². The molecule has 5 nitrogen and oxygen atoms in total. The molecule has 0 saturated heterocycles. The zero-order valence-corrected chi connectivity index (χ0v) is 9.56. The number of hydrogen-bond donors (Lipinski definition) is 2. The molecule has 17 heavy (non-hydrogen) atoms. The van der Waals surface area contributed by atoms with Gasteiger partial charge in [0.15, 0.2) is 0 Å². The molecule has 0 aliphatic carbocycles. The van der Waals surface area contributed by atoms with Gasteiger partial charge in [0.2, 0.25) is 5.91 Å². The predicted molar refractivity (Wildman–Crippen MR) is 62.8 cm³/mol. The van der Waals surface area contributed by atoms with Gasteiger partial charge in [0, 0.05) is 5.57 Å². The van der Waals surface area contributed by atoms with E-state index in [-0.39, 0.29) is 11.1 Å². The summed E-state index contributed by atoms with van der Waals surface area (Å²) in [5.41, 5.74) is 5.85. The minimum Gasteiger partial charge on any atom is -0.497 e. The Labute approximate surface area is 98.5 Å². The number of carbonyl (C=O) groups is 2. The van der Waals surface area contributed by atoms with Gasteiger partial charge in [-0.05, 0) is 30.7 Å². The molecule has 0 saturated carbocycles. The maximum absolute atomic E-state index is 11.0. The monoisotopic (exact) mass is 235 g/mol. The van der Waals surface area contributed by atoms with Crippen LogP contribution in [0.1, 0.15) is 22.8 Å². The molecule has 0 aromatic heterocycles. The summed E-state index contributed by atoms with van der Waals surface area (Å²) in [5, 5.41) is 9.04. The topological polar surface area (TPSA) is 89.6 Å². The highest BCUT2D eigenvalue weighted by atomic mass is 16.5. The van der Waals surface area contributed by atoms with E-state index in [1.54, 1.807) is 12.1 Å². The third kappa shape index (κ3) is 3.07. The quantitative estimate of drug-likeness (QED) is 0.769. The Balaban J connectivity index is 3.29. The van der Waals surface area contributed by atoms with Crippen molar-refractivity contribution in [3.8, 4) is 5.75 Å². The standard InChI is InChI=1S/C12H13NO4/c1-7(11(13)14)5-8-3-4-9(17-2)6-10(8)12(15)16/h3-6H,1-2H3,(H2,13,14)(H,15,16). The van der Waals surface area contributed by atoms with Crippen LogP contribution in [0.3, 0.4) is 0 Å². The van der Waals surface area contributed by atoms with Crippen LogP contribution in [0.15, 0.2) is 23.8 Å². The van der Waals surface area contributed by atoms with Crippen molar-refractivity contribution in [2.45, 2.75) is 6.92 Å². The van der Waals surface area contributed by atoms with Gasteiger partial charge in [-0.1, -0.05) is 6.07 Å². The van der Waals surface area contributed by atoms with Crippen LogP contribution >= 0.6 is 0 Å². The summed E-state index contributed by atoms with van der Waals surface area (Å²) in [4.78, 5) is 21.9. The first-order valence-electron chi connectivity index (χ1n) is 4.85. The summed E-state index contributed by atoms with van der Waals surface area (Å²) < 4.78 is 4.94. The summed E-state index contributed by atoms with van der Waals surface area (Å²) in [7, 11) is 1.45. The van der Waals surface area contributed by atoms with Crippen LogP contribution in [0, 0.1) is 0 Å². The van der Waals surface area contributed by atoms with E-state index < -0.39 is 11.9 Å². The van der Waals surface area contributed by atoms with E-state index >= 15 is 0 Å². The molecule has 0 radical (unpaired) electrons. The largest absolute Gasteiger partial charge is 0.497 e. The van der Waals surface area contributed by atoms with Crippen LogP contribution < -0.4 is 10.5 Å². The normalized spacial score (nSPS) is 11.1. The Morgan fingerprint density at radius 1 is 1.41 bits per heavy atom. The molecule has 1 aromatic carbocycles. The highest BCUT2D eigenvalue weighted by molar-refractivity contribution is 5.99. The number of hydrogen-bond acceptors (Lipinski definition) is 3. The molecule has 0 heterocycles. The first-order chi connectivity index (χ1) is 7.95. The minimum atomic E-state index is -1.09. The van der Waals surface area contributed by atoms with Crippen molar-refractivity contribution in [2.75, 3.05) is 7.11 Å². The highest BCUT2D eigenvalue weighted by Gasteiger charge is 2.10. The fraction of sp³-hybridized carbons (Fsp3) is 0.167. The molecule has 0 unspecified atom stereocenters. The SMILES string of the molecule is COc1ccc(C=C(C)C(N)=O)c(C(=O)O)c1. The van der Waals surface area contributed by atoms with Gasteiger partial charge in [0.25, 0.3) is 0 Å². The molecule has 0 aliphatic heterocycles. The Morgan fingerprint density at radius 3 is 2.53 bits per heavy atom. The summed E-state index contributed by atoms with van der Waals surface area (Å²) in [5.74, 6) is -1.24. The molecular weight excluding hydrogens is 222 g/mol. The average molecular weight is 235 g/mol. The summed E-state index contributed by atoms with van der Waals surface area (Å²) in [6.45, 7) is 1.53. The van der Waals surface area contributed by atoms with Gasteiger partial charge in [-0.25, -0.2) is 4.79 Å². The lowest BCUT2D eigenvalue weighted by atomic mass is 10.0. The lowest BCUT2D eigenvalue weighted by Crippen LogP contribution is -2.11. The number of amides is 1. The van der Waals surface area contributed by atoms with Gasteiger partial charge < -0.3 is 15.6 Å². The number of benzene rings is 1. The third-order valence-electron chi connectivity index (χ3n) is 2.25. The van der Waals surface area contributed by atoms with Gasteiger partial charge in [-0.3, -0.25) is 4.79 Å². The first-order valence-corrected chi connectivity index (χ1v) is 4.85. The molecule has 0 atom stereocenters. The van der Waals surface area contributed by atoms with Gasteiger partial charge in [0.1, 0.15) is 5.75 Å². The zero-order chi connectivity index (χ0) is 13.0. The van der Waals surface area contributed by atoms with Crippen molar-refractivity contribution in [3.63, 3.8) is 0 Å². The van der Waals surface area contributed by atoms with Crippen molar-refractivity contribution in [1.29, 1.82) is 0 Å². The number of carboxylic acid groups (broad SMARTS) is 1. The van der Waals surface area contributed by atoms with Crippen molar-refractivity contribution < 1.29 is 19.4 Å². The molecular formula is C12H13NO4. The maximum atomic E-state index is 11.0. The van der Waals surface area contributed by atoms with E-state index in [0.717, 1.165) is 0 Å². The zero-order valence-electron chi connectivity index (χ0n) is 9.56. The fourth-order valence-electron chi connectivity index (χ4n) is 1.28. The Kier molecular flexibility index (Phi) is 3.87.